The number of amides is 2. The number of likely N-dealkylation sites (tertiary alicyclic amines) is 1. The van der Waals surface area contributed by atoms with Gasteiger partial charge in [-0.2, -0.15) is 0 Å². The maximum Gasteiger partial charge on any atom is 0.228 e. The zero-order valence-electron chi connectivity index (χ0n) is 13.3. The Morgan fingerprint density at radius 1 is 1.26 bits per heavy atom. The molecule has 3 aliphatic rings. The number of carbonyl (C=O) groups is 2. The van der Waals surface area contributed by atoms with Gasteiger partial charge in [-0.3, -0.25) is 14.6 Å². The lowest BCUT2D eigenvalue weighted by atomic mass is 9.82. The summed E-state index contributed by atoms with van der Waals surface area (Å²) in [5.41, 5.74) is 0.920. The van der Waals surface area contributed by atoms with Crippen molar-refractivity contribution in [2.75, 3.05) is 13.1 Å². The van der Waals surface area contributed by atoms with Gasteiger partial charge in [-0.25, -0.2) is 0 Å². The van der Waals surface area contributed by atoms with Gasteiger partial charge >= 0.3 is 0 Å². The van der Waals surface area contributed by atoms with E-state index in [2.05, 4.69) is 10.3 Å². The minimum atomic E-state index is -0.124. The van der Waals surface area contributed by atoms with Crippen molar-refractivity contribution in [2.24, 2.45) is 5.92 Å². The second-order valence-corrected chi connectivity index (χ2v) is 7.34. The van der Waals surface area contributed by atoms with Crippen LogP contribution in [-0.4, -0.2) is 40.3 Å². The number of piperidine rings is 1. The van der Waals surface area contributed by atoms with Crippen LogP contribution in [0.3, 0.4) is 0 Å². The number of carbonyl (C=O) groups excluding carboxylic acids is 2. The van der Waals surface area contributed by atoms with E-state index in [1.54, 1.807) is 12.4 Å². The molecule has 4 rings (SSSR count). The molecule has 1 saturated carbocycles. The van der Waals surface area contributed by atoms with Crippen molar-refractivity contribution in [1.82, 2.24) is 15.2 Å². The van der Waals surface area contributed by atoms with Gasteiger partial charge in [0.2, 0.25) is 11.8 Å². The first-order valence-electron chi connectivity index (χ1n) is 8.65. The molecule has 1 aliphatic carbocycles. The molecule has 0 radical (unpaired) electrons. The summed E-state index contributed by atoms with van der Waals surface area (Å²) in [6, 6.07) is 3.86. The summed E-state index contributed by atoms with van der Waals surface area (Å²) in [6.45, 7) is 1.55. The van der Waals surface area contributed by atoms with E-state index < -0.39 is 0 Å². The van der Waals surface area contributed by atoms with Gasteiger partial charge in [0, 0.05) is 37.4 Å². The third-order valence-electron chi connectivity index (χ3n) is 5.64. The van der Waals surface area contributed by atoms with E-state index >= 15 is 0 Å². The maximum absolute atomic E-state index is 12.4. The molecule has 2 amide bonds. The monoisotopic (exact) mass is 313 g/mol. The number of hydrogen-bond acceptors (Lipinski definition) is 3. The van der Waals surface area contributed by atoms with Crippen LogP contribution in [0.25, 0.3) is 0 Å². The number of hydrogen-bond donors (Lipinski definition) is 1. The standard InChI is InChI=1S/C18H23N3O2/c22-16(11-13-1-2-13)21-9-5-18(6-10-21)12-15(17(23)20-18)14-3-7-19-8-4-14/h3-4,7-8,13,15H,1-2,5-6,9-12H2,(H,20,23). The van der Waals surface area contributed by atoms with Gasteiger partial charge in [-0.1, -0.05) is 0 Å². The Labute approximate surface area is 136 Å². The van der Waals surface area contributed by atoms with Gasteiger partial charge in [-0.05, 0) is 55.7 Å². The van der Waals surface area contributed by atoms with Crippen LogP contribution >= 0.6 is 0 Å². The molecule has 1 aromatic heterocycles. The van der Waals surface area contributed by atoms with Gasteiger partial charge < -0.3 is 10.2 Å². The predicted molar refractivity (Wildman–Crippen MR) is 85.6 cm³/mol. The van der Waals surface area contributed by atoms with Crippen molar-refractivity contribution in [1.29, 1.82) is 0 Å². The number of nitrogens with one attached hydrogen (secondary N) is 1. The topological polar surface area (TPSA) is 62.3 Å². The first-order chi connectivity index (χ1) is 11.2. The Bertz CT molecular complexity index is 604. The van der Waals surface area contributed by atoms with E-state index in [1.807, 2.05) is 17.0 Å². The number of nitrogens with zero attached hydrogens (tertiary/aromatic N) is 2. The zero-order valence-corrected chi connectivity index (χ0v) is 13.3. The van der Waals surface area contributed by atoms with Crippen molar-refractivity contribution >= 4 is 11.8 Å². The fraction of sp³-hybridized carbons (Fsp3) is 0.611. The average Bonchev–Trinajstić information content (AvgIpc) is 3.32. The molecule has 1 spiro atoms. The largest absolute Gasteiger partial charge is 0.350 e. The van der Waals surface area contributed by atoms with E-state index in [1.165, 1.54) is 12.8 Å². The van der Waals surface area contributed by atoms with Gasteiger partial charge in [-0.15, -0.1) is 0 Å². The normalized spacial score (nSPS) is 26.3. The molecule has 5 nitrogen and oxygen atoms in total. The van der Waals surface area contributed by atoms with Crippen LogP contribution in [-0.2, 0) is 9.59 Å². The Kier molecular flexibility index (Phi) is 3.58. The van der Waals surface area contributed by atoms with Crippen LogP contribution in [0.4, 0.5) is 0 Å². The van der Waals surface area contributed by atoms with Gasteiger partial charge in [0.1, 0.15) is 0 Å². The third kappa shape index (κ3) is 2.96. The third-order valence-corrected chi connectivity index (χ3v) is 5.64. The highest BCUT2D eigenvalue weighted by atomic mass is 16.2. The molecule has 122 valence electrons. The van der Waals surface area contributed by atoms with Crippen molar-refractivity contribution in [3.05, 3.63) is 30.1 Å². The van der Waals surface area contributed by atoms with Crippen LogP contribution < -0.4 is 5.32 Å². The summed E-state index contributed by atoms with van der Waals surface area (Å²) in [5.74, 6) is 0.985. The van der Waals surface area contributed by atoms with Crippen LogP contribution in [0.1, 0.15) is 50.0 Å². The minimum Gasteiger partial charge on any atom is -0.350 e. The molecule has 0 aromatic carbocycles. The molecule has 3 heterocycles. The lowest BCUT2D eigenvalue weighted by Crippen LogP contribution is -2.52. The summed E-state index contributed by atoms with van der Waals surface area (Å²) in [7, 11) is 0. The molecular formula is C18H23N3O2. The Balaban J connectivity index is 1.39. The lowest BCUT2D eigenvalue weighted by Gasteiger charge is -2.39. The molecule has 23 heavy (non-hydrogen) atoms. The fourth-order valence-corrected chi connectivity index (χ4v) is 3.96. The fourth-order valence-electron chi connectivity index (χ4n) is 3.96. The van der Waals surface area contributed by atoms with E-state index in [4.69, 9.17) is 0 Å². The summed E-state index contributed by atoms with van der Waals surface area (Å²) < 4.78 is 0. The van der Waals surface area contributed by atoms with Crippen molar-refractivity contribution in [3.8, 4) is 0 Å². The molecule has 3 fully saturated rings. The zero-order chi connectivity index (χ0) is 15.9. The van der Waals surface area contributed by atoms with Crippen LogP contribution in [0, 0.1) is 5.92 Å². The predicted octanol–water partition coefficient (Wildman–Crippen LogP) is 1.85. The van der Waals surface area contributed by atoms with Crippen LogP contribution in [0.2, 0.25) is 0 Å². The van der Waals surface area contributed by atoms with Crippen LogP contribution in [0.15, 0.2) is 24.5 Å². The second-order valence-electron chi connectivity index (χ2n) is 7.34. The summed E-state index contributed by atoms with van der Waals surface area (Å²) in [4.78, 5) is 30.7. The van der Waals surface area contributed by atoms with E-state index in [0.717, 1.165) is 44.3 Å². The minimum absolute atomic E-state index is 0.0771. The Morgan fingerprint density at radius 2 is 1.96 bits per heavy atom. The smallest absolute Gasteiger partial charge is 0.228 e. The van der Waals surface area contributed by atoms with Gasteiger partial charge in [0.05, 0.1) is 5.92 Å². The highest BCUT2D eigenvalue weighted by Gasteiger charge is 2.46. The molecule has 2 saturated heterocycles. The van der Waals surface area contributed by atoms with Gasteiger partial charge in [0.25, 0.3) is 0 Å². The average molecular weight is 313 g/mol. The van der Waals surface area contributed by atoms with Gasteiger partial charge in [0.15, 0.2) is 0 Å². The number of aromatic nitrogens is 1. The molecular weight excluding hydrogens is 290 g/mol. The highest BCUT2D eigenvalue weighted by molar-refractivity contribution is 5.87. The summed E-state index contributed by atoms with van der Waals surface area (Å²) in [6.07, 6.45) is 9.22. The molecule has 1 N–H and O–H groups in total. The van der Waals surface area contributed by atoms with Crippen molar-refractivity contribution in [2.45, 2.75) is 50.0 Å². The SMILES string of the molecule is O=C1NC2(CCN(C(=O)CC3CC3)CC2)CC1c1ccncc1. The van der Waals surface area contributed by atoms with Crippen molar-refractivity contribution in [3.63, 3.8) is 0 Å². The maximum atomic E-state index is 12.4. The highest BCUT2D eigenvalue weighted by Crippen LogP contribution is 2.40. The first kappa shape index (κ1) is 14.7. The quantitative estimate of drug-likeness (QED) is 0.926. The number of rotatable bonds is 3. The van der Waals surface area contributed by atoms with E-state index in [9.17, 15) is 9.59 Å². The molecule has 0 bridgehead atoms. The summed E-state index contributed by atoms with van der Waals surface area (Å²) in [5, 5.41) is 3.23. The van der Waals surface area contributed by atoms with E-state index in [0.29, 0.717) is 11.8 Å². The molecule has 1 unspecified atom stereocenters. The Hall–Kier alpha value is -1.91. The number of pyridine rings is 1. The molecule has 1 atom stereocenters. The molecule has 1 aromatic rings. The second kappa shape index (κ2) is 5.62. The molecule has 2 aliphatic heterocycles. The molecule has 5 heteroatoms. The lowest BCUT2D eigenvalue weighted by molar-refractivity contribution is -0.133. The van der Waals surface area contributed by atoms with Crippen LogP contribution in [0.5, 0.6) is 0 Å². The van der Waals surface area contributed by atoms with E-state index in [-0.39, 0.29) is 17.4 Å². The van der Waals surface area contributed by atoms with Crippen molar-refractivity contribution < 1.29 is 9.59 Å². The first-order valence-corrected chi connectivity index (χ1v) is 8.65. The Morgan fingerprint density at radius 3 is 2.61 bits per heavy atom. The summed E-state index contributed by atoms with van der Waals surface area (Å²) >= 11 is 0.